The molecular weight excluding hydrogens is 322 g/mol. The minimum atomic E-state index is -2.93. The highest BCUT2D eigenvalue weighted by atomic mass is 32.1. The van der Waals surface area contributed by atoms with E-state index in [0.29, 0.717) is 5.13 Å². The molecule has 1 aromatic heterocycles. The normalized spacial score (nSPS) is 11.0. The van der Waals surface area contributed by atoms with Gasteiger partial charge in [0.2, 0.25) is 0 Å². The van der Waals surface area contributed by atoms with Gasteiger partial charge in [0.15, 0.2) is 5.13 Å². The number of hydrogen-bond donors (Lipinski definition) is 1. The van der Waals surface area contributed by atoms with Crippen LogP contribution in [0.5, 0.6) is 5.75 Å². The van der Waals surface area contributed by atoms with Gasteiger partial charge >= 0.3 is 6.61 Å². The molecule has 0 saturated heterocycles. The van der Waals surface area contributed by atoms with E-state index < -0.39 is 12.5 Å². The Labute approximate surface area is 134 Å². The fourth-order valence-electron chi connectivity index (χ4n) is 2.12. The highest BCUT2D eigenvalue weighted by Gasteiger charge is 2.12. The van der Waals surface area contributed by atoms with Crippen molar-refractivity contribution in [1.82, 2.24) is 4.98 Å². The summed E-state index contributed by atoms with van der Waals surface area (Å²) in [5, 5.41) is 3.14. The number of alkyl halides is 2. The fourth-order valence-corrected chi connectivity index (χ4v) is 3.06. The van der Waals surface area contributed by atoms with Crippen molar-refractivity contribution in [3.05, 3.63) is 53.6 Å². The molecule has 3 rings (SSSR count). The van der Waals surface area contributed by atoms with Crippen LogP contribution in [0.2, 0.25) is 0 Å². The van der Waals surface area contributed by atoms with Crippen LogP contribution in [0.1, 0.15) is 15.9 Å². The number of fused-ring (bicyclic) bond motifs is 1. The van der Waals surface area contributed by atoms with Crippen LogP contribution in [0.4, 0.5) is 13.9 Å². The van der Waals surface area contributed by atoms with E-state index in [4.69, 9.17) is 0 Å². The number of anilines is 1. The van der Waals surface area contributed by atoms with E-state index in [0.717, 1.165) is 15.8 Å². The maximum absolute atomic E-state index is 12.2. The van der Waals surface area contributed by atoms with Gasteiger partial charge < -0.3 is 4.74 Å². The monoisotopic (exact) mass is 334 g/mol. The van der Waals surface area contributed by atoms with Crippen molar-refractivity contribution in [3.8, 4) is 5.75 Å². The fraction of sp³-hybridized carbons (Fsp3) is 0.125. The number of carbonyl (C=O) groups excluding carboxylic acids is 1. The number of halogens is 2. The van der Waals surface area contributed by atoms with Gasteiger partial charge in [-0.1, -0.05) is 29.5 Å². The molecule has 0 radical (unpaired) electrons. The Morgan fingerprint density at radius 3 is 2.78 bits per heavy atom. The van der Waals surface area contributed by atoms with Crippen molar-refractivity contribution in [3.63, 3.8) is 0 Å². The first-order valence-electron chi connectivity index (χ1n) is 6.75. The second-order valence-electron chi connectivity index (χ2n) is 4.80. The van der Waals surface area contributed by atoms with Gasteiger partial charge in [0.1, 0.15) is 5.75 Å². The van der Waals surface area contributed by atoms with Crippen molar-refractivity contribution in [2.45, 2.75) is 13.5 Å². The lowest BCUT2D eigenvalue weighted by molar-refractivity contribution is -0.0498. The molecule has 118 valence electrons. The molecule has 7 heteroatoms. The van der Waals surface area contributed by atoms with Gasteiger partial charge in [-0.2, -0.15) is 8.78 Å². The van der Waals surface area contributed by atoms with Crippen LogP contribution in [0.15, 0.2) is 42.5 Å². The first-order valence-corrected chi connectivity index (χ1v) is 7.57. The predicted octanol–water partition coefficient (Wildman–Crippen LogP) is 4.46. The van der Waals surface area contributed by atoms with Crippen molar-refractivity contribution >= 4 is 32.6 Å². The number of aryl methyl sites for hydroxylation is 1. The van der Waals surface area contributed by atoms with Gasteiger partial charge in [0.05, 0.1) is 10.2 Å². The molecule has 1 amide bonds. The number of rotatable bonds is 4. The largest absolute Gasteiger partial charge is 0.435 e. The summed E-state index contributed by atoms with van der Waals surface area (Å²) in [5.41, 5.74) is 2.08. The zero-order valence-electron chi connectivity index (χ0n) is 12.0. The summed E-state index contributed by atoms with van der Waals surface area (Å²) in [7, 11) is 0. The van der Waals surface area contributed by atoms with E-state index in [1.807, 2.05) is 25.1 Å². The van der Waals surface area contributed by atoms with E-state index in [2.05, 4.69) is 15.0 Å². The van der Waals surface area contributed by atoms with Crippen LogP contribution in [0.3, 0.4) is 0 Å². The summed E-state index contributed by atoms with van der Waals surface area (Å²) in [6.45, 7) is -0.987. The second-order valence-corrected chi connectivity index (χ2v) is 5.83. The highest BCUT2D eigenvalue weighted by molar-refractivity contribution is 7.22. The Morgan fingerprint density at radius 1 is 1.26 bits per heavy atom. The van der Waals surface area contributed by atoms with Crippen LogP contribution in [-0.2, 0) is 0 Å². The van der Waals surface area contributed by atoms with Crippen LogP contribution >= 0.6 is 11.3 Å². The molecule has 23 heavy (non-hydrogen) atoms. The summed E-state index contributed by atoms with van der Waals surface area (Å²) < 4.78 is 29.7. The Kier molecular flexibility index (Phi) is 4.20. The first-order chi connectivity index (χ1) is 11.0. The van der Waals surface area contributed by atoms with E-state index in [1.165, 1.54) is 35.6 Å². The van der Waals surface area contributed by atoms with Crippen LogP contribution in [-0.4, -0.2) is 17.5 Å². The van der Waals surface area contributed by atoms with Gasteiger partial charge in [0.25, 0.3) is 5.91 Å². The van der Waals surface area contributed by atoms with Gasteiger partial charge in [-0.3, -0.25) is 10.1 Å². The third kappa shape index (κ3) is 3.45. The maximum atomic E-state index is 12.2. The van der Waals surface area contributed by atoms with Crippen LogP contribution in [0.25, 0.3) is 10.2 Å². The van der Waals surface area contributed by atoms with E-state index in [9.17, 15) is 13.6 Å². The molecule has 1 heterocycles. The molecule has 0 aliphatic carbocycles. The summed E-state index contributed by atoms with van der Waals surface area (Å²) >= 11 is 1.35. The van der Waals surface area contributed by atoms with E-state index >= 15 is 0 Å². The molecular formula is C16H12F2N2O2S. The molecule has 0 aliphatic rings. The summed E-state index contributed by atoms with van der Waals surface area (Å²) in [5.74, 6) is -0.491. The van der Waals surface area contributed by atoms with Gasteiger partial charge in [-0.15, -0.1) is 0 Å². The SMILES string of the molecule is Cc1cccc2sc(NC(=O)c3cccc(OC(F)F)c3)nc12. The van der Waals surface area contributed by atoms with Crippen molar-refractivity contribution in [2.75, 3.05) is 5.32 Å². The number of amides is 1. The Bertz CT molecular complexity index is 864. The number of hydrogen-bond acceptors (Lipinski definition) is 4. The molecule has 0 saturated carbocycles. The minimum absolute atomic E-state index is 0.0622. The third-order valence-electron chi connectivity index (χ3n) is 3.16. The number of nitrogens with one attached hydrogen (secondary N) is 1. The van der Waals surface area contributed by atoms with Crippen LogP contribution < -0.4 is 10.1 Å². The Balaban J connectivity index is 1.81. The molecule has 1 N–H and O–H groups in total. The average Bonchev–Trinajstić information content (AvgIpc) is 2.91. The van der Waals surface area contributed by atoms with E-state index in [-0.39, 0.29) is 11.3 Å². The van der Waals surface area contributed by atoms with Gasteiger partial charge in [0, 0.05) is 5.56 Å². The zero-order chi connectivity index (χ0) is 16.4. The molecule has 0 fully saturated rings. The number of carbonyl (C=O) groups is 1. The van der Waals surface area contributed by atoms with Gasteiger partial charge in [-0.25, -0.2) is 4.98 Å². The molecule has 4 nitrogen and oxygen atoms in total. The lowest BCUT2D eigenvalue weighted by Crippen LogP contribution is -2.12. The highest BCUT2D eigenvalue weighted by Crippen LogP contribution is 2.28. The summed E-state index contributed by atoms with van der Waals surface area (Å²) in [6, 6.07) is 11.4. The van der Waals surface area contributed by atoms with Crippen LogP contribution in [0, 0.1) is 6.92 Å². The third-order valence-corrected chi connectivity index (χ3v) is 4.10. The van der Waals surface area contributed by atoms with Crippen molar-refractivity contribution in [1.29, 1.82) is 0 Å². The number of ether oxygens (including phenoxy) is 1. The number of aromatic nitrogens is 1. The number of thiazole rings is 1. The topological polar surface area (TPSA) is 51.2 Å². The molecule has 0 bridgehead atoms. The van der Waals surface area contributed by atoms with Crippen molar-refractivity contribution < 1.29 is 18.3 Å². The minimum Gasteiger partial charge on any atom is -0.435 e. The molecule has 0 aliphatic heterocycles. The summed E-state index contributed by atoms with van der Waals surface area (Å²) in [6.07, 6.45) is 0. The number of para-hydroxylation sites is 1. The van der Waals surface area contributed by atoms with E-state index in [1.54, 1.807) is 0 Å². The average molecular weight is 334 g/mol. The smallest absolute Gasteiger partial charge is 0.387 e. The molecule has 2 aromatic carbocycles. The summed E-state index contributed by atoms with van der Waals surface area (Å²) in [4.78, 5) is 16.6. The van der Waals surface area contributed by atoms with Crippen molar-refractivity contribution in [2.24, 2.45) is 0 Å². The second kappa shape index (κ2) is 6.29. The maximum Gasteiger partial charge on any atom is 0.387 e. The number of nitrogens with zero attached hydrogens (tertiary/aromatic N) is 1. The molecule has 3 aromatic rings. The Morgan fingerprint density at radius 2 is 2.04 bits per heavy atom. The first kappa shape index (κ1) is 15.4. The zero-order valence-corrected chi connectivity index (χ0v) is 12.9. The molecule has 0 unspecified atom stereocenters. The lowest BCUT2D eigenvalue weighted by atomic mass is 10.2. The number of benzene rings is 2. The standard InChI is InChI=1S/C16H12F2N2O2S/c1-9-4-2-7-12-13(9)19-16(23-12)20-14(21)10-5-3-6-11(8-10)22-15(17)18/h2-8,15H,1H3,(H,19,20,21). The van der Waals surface area contributed by atoms with Gasteiger partial charge in [-0.05, 0) is 36.8 Å². The quantitative estimate of drug-likeness (QED) is 0.766. The molecule has 0 atom stereocenters. The molecule has 0 spiro atoms. The lowest BCUT2D eigenvalue weighted by Gasteiger charge is -2.06. The predicted molar refractivity (Wildman–Crippen MR) is 85.4 cm³/mol. The Hall–Kier alpha value is -2.54.